The van der Waals surface area contributed by atoms with E-state index in [0.717, 1.165) is 28.7 Å². The van der Waals surface area contributed by atoms with Crippen molar-refractivity contribution in [2.75, 3.05) is 27.2 Å². The van der Waals surface area contributed by atoms with Crippen molar-refractivity contribution in [1.82, 2.24) is 5.32 Å². The molecule has 0 unspecified atom stereocenters. The summed E-state index contributed by atoms with van der Waals surface area (Å²) in [7, 11) is 4.35. The second-order valence-electron chi connectivity index (χ2n) is 6.80. The summed E-state index contributed by atoms with van der Waals surface area (Å²) >= 11 is 0. The van der Waals surface area contributed by atoms with Crippen LogP contribution in [-0.2, 0) is 11.3 Å². The number of benzene rings is 2. The molecule has 0 radical (unpaired) electrons. The van der Waals surface area contributed by atoms with Crippen LogP contribution in [-0.4, -0.2) is 37.6 Å². The highest BCUT2D eigenvalue weighted by atomic mass is 16.1. The number of nitrogens with zero attached hydrogens (tertiary/aromatic N) is 1. The summed E-state index contributed by atoms with van der Waals surface area (Å²) in [4.78, 5) is 11.9. The van der Waals surface area contributed by atoms with Gasteiger partial charge < -0.3 is 9.80 Å². The third-order valence-corrected chi connectivity index (χ3v) is 4.07. The number of hydrogen-bond donors (Lipinski definition) is 1. The molecule has 0 spiro atoms. The highest BCUT2D eigenvalue weighted by Crippen LogP contribution is 2.11. The fourth-order valence-electron chi connectivity index (χ4n) is 2.61. The lowest BCUT2D eigenvalue weighted by Crippen LogP contribution is -2.44. The third-order valence-electron chi connectivity index (χ3n) is 4.07. The minimum Gasteiger partial charge on any atom is -0.347 e. The molecule has 0 fully saturated rings. The van der Waals surface area contributed by atoms with Crippen LogP contribution in [0.3, 0.4) is 0 Å². The van der Waals surface area contributed by atoms with E-state index in [1.54, 1.807) is 6.08 Å². The molecule has 0 aromatic heterocycles. The second-order valence-corrected chi connectivity index (χ2v) is 6.80. The fraction of sp³-hybridized carbons (Fsp3) is 0.227. The Morgan fingerprint density at radius 3 is 2.36 bits per heavy atom. The topological polar surface area (TPSA) is 29.1 Å². The van der Waals surface area contributed by atoms with Gasteiger partial charge in [-0.2, -0.15) is 0 Å². The average molecular weight is 335 g/mol. The molecule has 2 aromatic rings. The van der Waals surface area contributed by atoms with Crippen LogP contribution in [0, 0.1) is 0 Å². The van der Waals surface area contributed by atoms with Gasteiger partial charge in [-0.05, 0) is 17.2 Å². The van der Waals surface area contributed by atoms with Gasteiger partial charge in [-0.25, -0.2) is 0 Å². The lowest BCUT2D eigenvalue weighted by atomic mass is 10.1. The van der Waals surface area contributed by atoms with E-state index in [-0.39, 0.29) is 5.91 Å². The van der Waals surface area contributed by atoms with Crippen LogP contribution in [0.4, 0.5) is 0 Å². The Kier molecular flexibility index (Phi) is 6.72. The fourth-order valence-corrected chi connectivity index (χ4v) is 2.61. The Bertz CT molecular complexity index is 715. The number of carbonyl (C=O) groups excluding carboxylic acids is 1. The van der Waals surface area contributed by atoms with E-state index in [1.165, 1.54) is 5.56 Å². The molecule has 0 saturated heterocycles. The Morgan fingerprint density at radius 2 is 1.72 bits per heavy atom. The molecular weight excluding hydrogens is 308 g/mol. The number of likely N-dealkylation sites (N-methyl/N-ethyl adjacent to an activating group) is 1. The SMILES string of the molecule is C=Cc1ccc(C[N+](C)(C)CCNC(=O)C=Cc2ccccc2)cc1. The van der Waals surface area contributed by atoms with Gasteiger partial charge in [0.05, 0.1) is 27.2 Å². The van der Waals surface area contributed by atoms with Crippen molar-refractivity contribution in [2.24, 2.45) is 0 Å². The summed E-state index contributed by atoms with van der Waals surface area (Å²) in [5, 5.41) is 2.96. The van der Waals surface area contributed by atoms with Crippen molar-refractivity contribution in [3.8, 4) is 0 Å². The van der Waals surface area contributed by atoms with Crippen molar-refractivity contribution >= 4 is 18.1 Å². The lowest BCUT2D eigenvalue weighted by molar-refractivity contribution is -0.902. The van der Waals surface area contributed by atoms with Crippen molar-refractivity contribution in [3.05, 3.63) is 83.9 Å². The van der Waals surface area contributed by atoms with E-state index in [1.807, 2.05) is 42.5 Å². The summed E-state index contributed by atoms with van der Waals surface area (Å²) in [6.07, 6.45) is 5.27. The molecule has 0 atom stereocenters. The summed E-state index contributed by atoms with van der Waals surface area (Å²) in [5.41, 5.74) is 3.44. The second kappa shape index (κ2) is 9.00. The smallest absolute Gasteiger partial charge is 0.244 e. The first-order valence-corrected chi connectivity index (χ1v) is 8.53. The normalized spacial score (nSPS) is 11.4. The van der Waals surface area contributed by atoms with Gasteiger partial charge in [-0.15, -0.1) is 0 Å². The third kappa shape index (κ3) is 6.77. The molecule has 0 saturated carbocycles. The first-order valence-electron chi connectivity index (χ1n) is 8.53. The van der Waals surface area contributed by atoms with E-state index in [0.29, 0.717) is 6.54 Å². The molecule has 1 amide bonds. The average Bonchev–Trinajstić information content (AvgIpc) is 2.61. The monoisotopic (exact) mass is 335 g/mol. The van der Waals surface area contributed by atoms with Crippen molar-refractivity contribution in [2.45, 2.75) is 6.54 Å². The van der Waals surface area contributed by atoms with E-state index in [2.05, 4.69) is 50.3 Å². The molecule has 3 heteroatoms. The first kappa shape index (κ1) is 18.7. The molecule has 0 heterocycles. The molecule has 3 nitrogen and oxygen atoms in total. The van der Waals surface area contributed by atoms with E-state index in [4.69, 9.17) is 0 Å². The standard InChI is InChI=1S/C22H26N2O/c1-4-19-10-12-21(13-11-19)18-24(2,3)17-16-23-22(25)15-14-20-8-6-5-7-9-20/h4-15H,1,16-18H2,2-3H3/p+1. The van der Waals surface area contributed by atoms with Gasteiger partial charge >= 0.3 is 0 Å². The van der Waals surface area contributed by atoms with Gasteiger partial charge in [0.2, 0.25) is 5.91 Å². The molecule has 0 aliphatic carbocycles. The molecule has 130 valence electrons. The maximum Gasteiger partial charge on any atom is 0.244 e. The summed E-state index contributed by atoms with van der Waals surface area (Å²) in [5.74, 6) is -0.0563. The first-order chi connectivity index (χ1) is 12.0. The zero-order valence-corrected chi connectivity index (χ0v) is 15.1. The molecule has 2 aromatic carbocycles. The number of carbonyl (C=O) groups is 1. The Morgan fingerprint density at radius 1 is 1.04 bits per heavy atom. The Balaban J connectivity index is 1.77. The molecular formula is C22H27N2O+. The zero-order valence-electron chi connectivity index (χ0n) is 15.1. The molecule has 0 aliphatic rings. The summed E-state index contributed by atoms with van der Waals surface area (Å²) in [6.45, 7) is 6.22. The molecule has 0 bridgehead atoms. The number of amides is 1. The van der Waals surface area contributed by atoms with Crippen LogP contribution < -0.4 is 5.32 Å². The highest BCUT2D eigenvalue weighted by Gasteiger charge is 2.15. The van der Waals surface area contributed by atoms with Gasteiger partial charge in [0.15, 0.2) is 0 Å². The molecule has 1 N–H and O–H groups in total. The van der Waals surface area contributed by atoms with Crippen molar-refractivity contribution in [3.63, 3.8) is 0 Å². The molecule has 2 rings (SSSR count). The van der Waals surface area contributed by atoms with Gasteiger partial charge in [0.25, 0.3) is 0 Å². The molecule has 0 aliphatic heterocycles. The van der Waals surface area contributed by atoms with E-state index < -0.39 is 0 Å². The number of rotatable bonds is 8. The van der Waals surface area contributed by atoms with Gasteiger partial charge in [0.1, 0.15) is 6.54 Å². The maximum absolute atomic E-state index is 11.9. The van der Waals surface area contributed by atoms with Crippen LogP contribution >= 0.6 is 0 Å². The highest BCUT2D eigenvalue weighted by molar-refractivity contribution is 5.91. The summed E-state index contributed by atoms with van der Waals surface area (Å²) in [6, 6.07) is 18.3. The van der Waals surface area contributed by atoms with Crippen LogP contribution in [0.5, 0.6) is 0 Å². The Hall–Kier alpha value is -2.65. The Labute approximate surface area is 150 Å². The molecule has 25 heavy (non-hydrogen) atoms. The predicted octanol–water partition coefficient (Wildman–Crippen LogP) is 3.74. The van der Waals surface area contributed by atoms with E-state index >= 15 is 0 Å². The minimum atomic E-state index is -0.0563. The van der Waals surface area contributed by atoms with Crippen molar-refractivity contribution in [1.29, 1.82) is 0 Å². The minimum absolute atomic E-state index is 0.0563. The maximum atomic E-state index is 11.9. The van der Waals surface area contributed by atoms with Crippen LogP contribution in [0.25, 0.3) is 12.2 Å². The van der Waals surface area contributed by atoms with Crippen LogP contribution in [0.15, 0.2) is 67.3 Å². The van der Waals surface area contributed by atoms with Crippen molar-refractivity contribution < 1.29 is 9.28 Å². The number of nitrogens with one attached hydrogen (secondary N) is 1. The summed E-state index contributed by atoms with van der Waals surface area (Å²) < 4.78 is 0.816. The zero-order chi connectivity index (χ0) is 18.1. The predicted molar refractivity (Wildman–Crippen MR) is 106 cm³/mol. The van der Waals surface area contributed by atoms with Crippen LogP contribution in [0.2, 0.25) is 0 Å². The largest absolute Gasteiger partial charge is 0.347 e. The van der Waals surface area contributed by atoms with Crippen LogP contribution in [0.1, 0.15) is 16.7 Å². The number of quaternary nitrogens is 1. The quantitative estimate of drug-likeness (QED) is 0.578. The number of hydrogen-bond acceptors (Lipinski definition) is 1. The van der Waals surface area contributed by atoms with Gasteiger partial charge in [-0.3, -0.25) is 4.79 Å². The lowest BCUT2D eigenvalue weighted by Gasteiger charge is -2.30. The van der Waals surface area contributed by atoms with Gasteiger partial charge in [-0.1, -0.05) is 67.3 Å². The van der Waals surface area contributed by atoms with Gasteiger partial charge in [0, 0.05) is 11.6 Å². The van der Waals surface area contributed by atoms with E-state index in [9.17, 15) is 4.79 Å².